The first-order valence-electron chi connectivity index (χ1n) is 6.54. The quantitative estimate of drug-likeness (QED) is 0.893. The molecule has 1 fully saturated rings. The smallest absolute Gasteiger partial charge is 0.230 e. The van der Waals surface area contributed by atoms with Gasteiger partial charge in [-0.05, 0) is 31.0 Å². The van der Waals surface area contributed by atoms with Gasteiger partial charge in [-0.3, -0.25) is 4.79 Å². The fourth-order valence-electron chi connectivity index (χ4n) is 2.30. The maximum atomic E-state index is 12.3. The lowest BCUT2D eigenvalue weighted by Gasteiger charge is -2.22. The van der Waals surface area contributed by atoms with Gasteiger partial charge in [0.1, 0.15) is 0 Å². The van der Waals surface area contributed by atoms with Gasteiger partial charge in [0.05, 0.1) is 22.1 Å². The summed E-state index contributed by atoms with van der Waals surface area (Å²) in [6.07, 6.45) is 0.699. The zero-order chi connectivity index (χ0) is 15.4. The predicted octanol–water partition coefficient (Wildman–Crippen LogP) is 1.87. The first-order valence-corrected chi connectivity index (χ1v) is 7.30. The van der Waals surface area contributed by atoms with Crippen LogP contribution in [-0.2, 0) is 14.3 Å². The van der Waals surface area contributed by atoms with Crippen LogP contribution in [-0.4, -0.2) is 24.6 Å². The standard InChI is InChI=1S/C14H15Cl2NO4/c15-10-4-3-8(6-11(10)16)17-14(20)9(7-13(18)19)12-2-1-5-21-12/h3-4,6,9,12H,1-2,5,7H2,(H,17,20)(H,18,19)/p-1/t9-,12+/m1/s1. The molecule has 1 aromatic carbocycles. The Labute approximate surface area is 132 Å². The molecule has 0 aliphatic carbocycles. The third kappa shape index (κ3) is 4.33. The molecule has 2 rings (SSSR count). The molecule has 0 unspecified atom stereocenters. The fraction of sp³-hybridized carbons (Fsp3) is 0.429. The minimum Gasteiger partial charge on any atom is -0.550 e. The summed E-state index contributed by atoms with van der Waals surface area (Å²) in [6.45, 7) is 0.536. The van der Waals surface area contributed by atoms with Crippen molar-refractivity contribution in [2.75, 3.05) is 11.9 Å². The molecular formula is C14H14Cl2NO4-. The van der Waals surface area contributed by atoms with Crippen molar-refractivity contribution in [1.82, 2.24) is 0 Å². The van der Waals surface area contributed by atoms with Crippen LogP contribution in [0.3, 0.4) is 0 Å². The van der Waals surface area contributed by atoms with Crippen LogP contribution in [0.5, 0.6) is 0 Å². The zero-order valence-electron chi connectivity index (χ0n) is 11.1. The van der Waals surface area contributed by atoms with Crippen molar-refractivity contribution in [2.24, 2.45) is 5.92 Å². The maximum Gasteiger partial charge on any atom is 0.230 e. The molecule has 114 valence electrons. The molecule has 2 atom stereocenters. The lowest BCUT2D eigenvalue weighted by atomic mass is 9.95. The van der Waals surface area contributed by atoms with E-state index in [-0.39, 0.29) is 6.42 Å². The second-order valence-electron chi connectivity index (χ2n) is 4.85. The van der Waals surface area contributed by atoms with Crippen LogP contribution >= 0.6 is 23.2 Å². The van der Waals surface area contributed by atoms with Crippen LogP contribution in [0.1, 0.15) is 19.3 Å². The topological polar surface area (TPSA) is 78.5 Å². The maximum absolute atomic E-state index is 12.3. The van der Waals surface area contributed by atoms with Gasteiger partial charge in [-0.15, -0.1) is 0 Å². The number of benzene rings is 1. The molecule has 0 saturated carbocycles. The largest absolute Gasteiger partial charge is 0.550 e. The number of carbonyl (C=O) groups excluding carboxylic acids is 2. The number of carboxylic acids is 1. The predicted molar refractivity (Wildman–Crippen MR) is 77.2 cm³/mol. The molecule has 1 amide bonds. The van der Waals surface area contributed by atoms with Crippen molar-refractivity contribution in [3.8, 4) is 0 Å². The van der Waals surface area contributed by atoms with E-state index in [9.17, 15) is 14.7 Å². The average molecular weight is 331 g/mol. The minimum atomic E-state index is -1.28. The Morgan fingerprint density at radius 1 is 1.38 bits per heavy atom. The second kappa shape index (κ2) is 7.11. The van der Waals surface area contributed by atoms with Gasteiger partial charge < -0.3 is 20.0 Å². The molecule has 1 aliphatic rings. The van der Waals surface area contributed by atoms with Gasteiger partial charge >= 0.3 is 0 Å². The molecule has 5 nitrogen and oxygen atoms in total. The molecule has 1 N–H and O–H groups in total. The monoisotopic (exact) mass is 330 g/mol. The van der Waals surface area contributed by atoms with Crippen LogP contribution in [0.15, 0.2) is 18.2 Å². The molecular weight excluding hydrogens is 317 g/mol. The first-order chi connectivity index (χ1) is 9.97. The molecule has 21 heavy (non-hydrogen) atoms. The highest BCUT2D eigenvalue weighted by Gasteiger charge is 2.31. The summed E-state index contributed by atoms with van der Waals surface area (Å²) in [5, 5.41) is 14.2. The Hall–Kier alpha value is -1.30. The van der Waals surface area contributed by atoms with Gasteiger partial charge in [-0.1, -0.05) is 23.2 Å². The van der Waals surface area contributed by atoms with E-state index < -0.39 is 23.9 Å². The van der Waals surface area contributed by atoms with E-state index in [1.165, 1.54) is 6.07 Å². The van der Waals surface area contributed by atoms with Gasteiger partial charge in [0.15, 0.2) is 0 Å². The van der Waals surface area contributed by atoms with Gasteiger partial charge in [-0.25, -0.2) is 0 Å². The normalized spacial score (nSPS) is 19.2. The molecule has 1 saturated heterocycles. The summed E-state index contributed by atoms with van der Waals surface area (Å²) in [4.78, 5) is 23.1. The lowest BCUT2D eigenvalue weighted by molar-refractivity contribution is -0.307. The van der Waals surface area contributed by atoms with Gasteiger partial charge in [0.2, 0.25) is 5.91 Å². The van der Waals surface area contributed by atoms with Crippen molar-refractivity contribution < 1.29 is 19.4 Å². The van der Waals surface area contributed by atoms with Gasteiger partial charge in [-0.2, -0.15) is 0 Å². The second-order valence-corrected chi connectivity index (χ2v) is 5.67. The number of anilines is 1. The van der Waals surface area contributed by atoms with Crippen molar-refractivity contribution >= 4 is 40.8 Å². The molecule has 7 heteroatoms. The fourth-order valence-corrected chi connectivity index (χ4v) is 2.60. The van der Waals surface area contributed by atoms with Crippen LogP contribution in [0.2, 0.25) is 10.0 Å². The van der Waals surface area contributed by atoms with Gasteiger partial charge in [0.25, 0.3) is 0 Å². The molecule has 1 aliphatic heterocycles. The Morgan fingerprint density at radius 2 is 2.14 bits per heavy atom. The highest BCUT2D eigenvalue weighted by molar-refractivity contribution is 6.42. The summed E-state index contributed by atoms with van der Waals surface area (Å²) < 4.78 is 5.42. The molecule has 1 heterocycles. The van der Waals surface area contributed by atoms with E-state index >= 15 is 0 Å². The molecule has 0 radical (unpaired) electrons. The number of hydrogen-bond donors (Lipinski definition) is 1. The molecule has 0 bridgehead atoms. The summed E-state index contributed by atoms with van der Waals surface area (Å²) in [5.74, 6) is -2.49. The highest BCUT2D eigenvalue weighted by atomic mass is 35.5. The van der Waals surface area contributed by atoms with E-state index in [1.807, 2.05) is 0 Å². The number of rotatable bonds is 5. The number of aliphatic carboxylic acids is 1. The Kier molecular flexibility index (Phi) is 5.45. The summed E-state index contributed by atoms with van der Waals surface area (Å²) in [7, 11) is 0. The summed E-state index contributed by atoms with van der Waals surface area (Å²) in [5.41, 5.74) is 0.454. The third-order valence-electron chi connectivity index (χ3n) is 3.32. The van der Waals surface area contributed by atoms with Crippen LogP contribution < -0.4 is 10.4 Å². The summed E-state index contributed by atoms with van der Waals surface area (Å²) in [6, 6.07) is 4.66. The van der Waals surface area contributed by atoms with E-state index in [1.54, 1.807) is 12.1 Å². The number of amides is 1. The van der Waals surface area contributed by atoms with E-state index in [0.717, 1.165) is 6.42 Å². The number of carbonyl (C=O) groups is 2. The lowest BCUT2D eigenvalue weighted by Crippen LogP contribution is -2.38. The molecule has 0 spiro atoms. The summed E-state index contributed by atoms with van der Waals surface area (Å²) >= 11 is 11.7. The van der Waals surface area contributed by atoms with E-state index in [4.69, 9.17) is 27.9 Å². The third-order valence-corrected chi connectivity index (χ3v) is 4.06. The molecule has 1 aromatic rings. The van der Waals surface area contributed by atoms with Crippen molar-refractivity contribution in [2.45, 2.75) is 25.4 Å². The number of nitrogens with one attached hydrogen (secondary N) is 1. The van der Waals surface area contributed by atoms with Crippen molar-refractivity contribution in [3.05, 3.63) is 28.2 Å². The Balaban J connectivity index is 2.09. The van der Waals surface area contributed by atoms with E-state index in [2.05, 4.69) is 5.32 Å². The number of hydrogen-bond acceptors (Lipinski definition) is 4. The molecule has 0 aromatic heterocycles. The average Bonchev–Trinajstić information content (AvgIpc) is 2.93. The van der Waals surface area contributed by atoms with Crippen LogP contribution in [0.4, 0.5) is 5.69 Å². The highest BCUT2D eigenvalue weighted by Crippen LogP contribution is 2.27. The van der Waals surface area contributed by atoms with Crippen molar-refractivity contribution in [3.63, 3.8) is 0 Å². The zero-order valence-corrected chi connectivity index (χ0v) is 12.6. The Bertz CT molecular complexity index is 544. The van der Waals surface area contributed by atoms with Crippen molar-refractivity contribution in [1.29, 1.82) is 0 Å². The SMILES string of the molecule is O=C([O-])C[C@@H](C(=O)Nc1ccc(Cl)c(Cl)c1)[C@@H]1CCCO1. The minimum absolute atomic E-state index is 0.308. The van der Waals surface area contributed by atoms with Crippen LogP contribution in [0.25, 0.3) is 0 Å². The number of ether oxygens (including phenoxy) is 1. The number of carboxylic acid groups (broad SMARTS) is 1. The number of halogens is 2. The Morgan fingerprint density at radius 3 is 2.71 bits per heavy atom. The first kappa shape index (κ1) is 16.1. The van der Waals surface area contributed by atoms with E-state index in [0.29, 0.717) is 28.8 Å². The van der Waals surface area contributed by atoms with Gasteiger partial charge in [0, 0.05) is 24.7 Å². The van der Waals surface area contributed by atoms with Crippen LogP contribution in [0, 0.1) is 5.92 Å².